The van der Waals surface area contributed by atoms with Gasteiger partial charge in [0.25, 0.3) is 0 Å². The van der Waals surface area contributed by atoms with Gasteiger partial charge in [0, 0.05) is 6.04 Å². The Kier molecular flexibility index (Phi) is 6.23. The van der Waals surface area contributed by atoms with E-state index in [9.17, 15) is 4.39 Å². The van der Waals surface area contributed by atoms with E-state index in [1.165, 1.54) is 0 Å². The van der Waals surface area contributed by atoms with Crippen LogP contribution in [0.25, 0.3) is 0 Å². The van der Waals surface area contributed by atoms with Crippen LogP contribution in [0.2, 0.25) is 5.02 Å². The molecule has 1 aromatic rings. The van der Waals surface area contributed by atoms with E-state index in [0.717, 1.165) is 19.4 Å². The van der Waals surface area contributed by atoms with E-state index in [0.29, 0.717) is 12.0 Å². The van der Waals surface area contributed by atoms with Gasteiger partial charge in [-0.25, -0.2) is 4.39 Å². The first-order chi connectivity index (χ1) is 8.19. The normalized spacial score (nSPS) is 12.4. The fourth-order valence-electron chi connectivity index (χ4n) is 1.86. The molecule has 0 aliphatic rings. The lowest BCUT2D eigenvalue weighted by molar-refractivity contribution is 0.483. The fourth-order valence-corrected chi connectivity index (χ4v) is 2.05. The lowest BCUT2D eigenvalue weighted by Gasteiger charge is -2.17. The number of hydrogen-bond acceptors (Lipinski definition) is 1. The molecule has 0 saturated heterocycles. The smallest absolute Gasteiger partial charge is 0.145 e. The van der Waals surface area contributed by atoms with Crippen LogP contribution in [-0.2, 0) is 6.42 Å². The van der Waals surface area contributed by atoms with Crippen molar-refractivity contribution in [2.75, 3.05) is 6.54 Å². The molecule has 1 N–H and O–H groups in total. The fraction of sp³-hybridized carbons (Fsp3) is 0.429. The lowest BCUT2D eigenvalue weighted by atomic mass is 10.0. The van der Waals surface area contributed by atoms with E-state index in [1.54, 1.807) is 18.2 Å². The molecule has 1 nitrogen and oxygen atoms in total. The minimum Gasteiger partial charge on any atom is -0.314 e. The maximum Gasteiger partial charge on any atom is 0.145 e. The summed E-state index contributed by atoms with van der Waals surface area (Å²) in [5.41, 5.74) is 0.674. The Bertz CT molecular complexity index is 365. The van der Waals surface area contributed by atoms with Crippen LogP contribution in [0.1, 0.15) is 25.3 Å². The maximum atomic E-state index is 13.7. The summed E-state index contributed by atoms with van der Waals surface area (Å²) < 4.78 is 13.7. The predicted molar refractivity (Wildman–Crippen MR) is 72.0 cm³/mol. The molecule has 0 aliphatic heterocycles. The van der Waals surface area contributed by atoms with E-state index in [2.05, 4.69) is 18.8 Å². The number of benzene rings is 1. The maximum absolute atomic E-state index is 13.7. The topological polar surface area (TPSA) is 12.0 Å². The van der Waals surface area contributed by atoms with Gasteiger partial charge in [0.1, 0.15) is 5.82 Å². The molecule has 0 heterocycles. The number of likely N-dealkylation sites (N-methyl/N-ethyl adjacent to an activating group) is 1. The minimum atomic E-state index is -0.296. The summed E-state index contributed by atoms with van der Waals surface area (Å²) in [6, 6.07) is 5.43. The molecule has 0 amide bonds. The number of halogens is 2. The van der Waals surface area contributed by atoms with Crippen molar-refractivity contribution in [1.29, 1.82) is 0 Å². The Morgan fingerprint density at radius 3 is 2.94 bits per heavy atom. The highest BCUT2D eigenvalue weighted by molar-refractivity contribution is 6.30. The molecule has 1 aromatic carbocycles. The van der Waals surface area contributed by atoms with Crippen LogP contribution < -0.4 is 5.32 Å². The van der Waals surface area contributed by atoms with E-state index in [-0.39, 0.29) is 16.9 Å². The minimum absolute atomic E-state index is 0.196. The van der Waals surface area contributed by atoms with Gasteiger partial charge in [-0.3, -0.25) is 0 Å². The summed E-state index contributed by atoms with van der Waals surface area (Å²) in [7, 11) is 0. The van der Waals surface area contributed by atoms with Crippen LogP contribution >= 0.6 is 11.6 Å². The largest absolute Gasteiger partial charge is 0.314 e. The van der Waals surface area contributed by atoms with E-state index in [1.807, 2.05) is 6.08 Å². The second-order valence-electron chi connectivity index (χ2n) is 4.04. The molecule has 3 heteroatoms. The summed E-state index contributed by atoms with van der Waals surface area (Å²) in [4.78, 5) is 0. The Labute approximate surface area is 108 Å². The van der Waals surface area contributed by atoms with E-state index >= 15 is 0 Å². The van der Waals surface area contributed by atoms with Gasteiger partial charge in [0.15, 0.2) is 0 Å². The number of nitrogens with one attached hydrogen (secondary N) is 1. The molecule has 0 saturated carbocycles. The van der Waals surface area contributed by atoms with Crippen molar-refractivity contribution in [1.82, 2.24) is 5.32 Å². The number of rotatable bonds is 7. The molecule has 0 bridgehead atoms. The molecule has 0 radical (unpaired) electrons. The van der Waals surface area contributed by atoms with Gasteiger partial charge >= 0.3 is 0 Å². The van der Waals surface area contributed by atoms with Gasteiger partial charge in [-0.2, -0.15) is 0 Å². The molecule has 1 rings (SSSR count). The third-order valence-corrected chi connectivity index (χ3v) is 3.00. The van der Waals surface area contributed by atoms with E-state index < -0.39 is 0 Å². The first kappa shape index (κ1) is 14.2. The van der Waals surface area contributed by atoms with Crippen molar-refractivity contribution in [3.63, 3.8) is 0 Å². The average molecular weight is 256 g/mol. The Balaban J connectivity index is 2.70. The molecule has 0 spiro atoms. The van der Waals surface area contributed by atoms with Crippen molar-refractivity contribution >= 4 is 11.6 Å². The summed E-state index contributed by atoms with van der Waals surface area (Å²) in [6.07, 6.45) is 4.44. The third-order valence-electron chi connectivity index (χ3n) is 2.71. The summed E-state index contributed by atoms with van der Waals surface area (Å²) in [5, 5.41) is 3.55. The van der Waals surface area contributed by atoms with Gasteiger partial charge in [0.2, 0.25) is 0 Å². The number of allylic oxidation sites excluding steroid dienone is 1. The van der Waals surface area contributed by atoms with Crippen LogP contribution in [-0.4, -0.2) is 12.6 Å². The molecule has 94 valence electrons. The van der Waals surface area contributed by atoms with Crippen molar-refractivity contribution < 1.29 is 4.39 Å². The lowest BCUT2D eigenvalue weighted by Crippen LogP contribution is -2.31. The standard InChI is InChI=1S/C14H19ClFN/c1-3-5-8-12(17-4-2)10-11-7-6-9-13(15)14(11)16/h3,6-7,9,12,17H,1,4-5,8,10H2,2H3. The van der Waals surface area contributed by atoms with Crippen LogP contribution in [0.5, 0.6) is 0 Å². The highest BCUT2D eigenvalue weighted by atomic mass is 35.5. The zero-order valence-corrected chi connectivity index (χ0v) is 10.9. The summed E-state index contributed by atoms with van der Waals surface area (Å²) >= 11 is 5.77. The molecular formula is C14H19ClFN. The first-order valence-corrected chi connectivity index (χ1v) is 6.34. The predicted octanol–water partition coefficient (Wildman–Crippen LogP) is 3.97. The van der Waals surface area contributed by atoms with Gasteiger partial charge in [-0.1, -0.05) is 36.7 Å². The van der Waals surface area contributed by atoms with Crippen molar-refractivity contribution in [3.05, 3.63) is 47.3 Å². The van der Waals surface area contributed by atoms with Crippen LogP contribution in [0.4, 0.5) is 4.39 Å². The van der Waals surface area contributed by atoms with Crippen LogP contribution in [0.3, 0.4) is 0 Å². The highest BCUT2D eigenvalue weighted by Gasteiger charge is 2.12. The monoisotopic (exact) mass is 255 g/mol. The highest BCUT2D eigenvalue weighted by Crippen LogP contribution is 2.19. The average Bonchev–Trinajstić information content (AvgIpc) is 2.32. The van der Waals surface area contributed by atoms with Crippen LogP contribution in [0.15, 0.2) is 30.9 Å². The van der Waals surface area contributed by atoms with Gasteiger partial charge in [-0.05, 0) is 37.4 Å². The molecule has 0 aliphatic carbocycles. The van der Waals surface area contributed by atoms with Crippen LogP contribution in [0, 0.1) is 5.82 Å². The third kappa shape index (κ3) is 4.49. The molecule has 0 aromatic heterocycles. The summed E-state index contributed by atoms with van der Waals surface area (Å²) in [5.74, 6) is -0.296. The number of hydrogen-bond donors (Lipinski definition) is 1. The quantitative estimate of drug-likeness (QED) is 0.727. The van der Waals surface area contributed by atoms with Gasteiger partial charge < -0.3 is 5.32 Å². The Morgan fingerprint density at radius 1 is 1.53 bits per heavy atom. The second-order valence-corrected chi connectivity index (χ2v) is 4.44. The molecule has 1 atom stereocenters. The molecule has 17 heavy (non-hydrogen) atoms. The summed E-state index contributed by atoms with van der Waals surface area (Å²) in [6.45, 7) is 6.64. The second kappa shape index (κ2) is 7.46. The van der Waals surface area contributed by atoms with Gasteiger partial charge in [0.05, 0.1) is 5.02 Å². The van der Waals surface area contributed by atoms with Crippen molar-refractivity contribution in [2.45, 2.75) is 32.2 Å². The zero-order chi connectivity index (χ0) is 12.7. The van der Waals surface area contributed by atoms with Gasteiger partial charge in [-0.15, -0.1) is 6.58 Å². The van der Waals surface area contributed by atoms with E-state index in [4.69, 9.17) is 11.6 Å². The molecule has 0 fully saturated rings. The first-order valence-electron chi connectivity index (χ1n) is 5.96. The Morgan fingerprint density at radius 2 is 2.29 bits per heavy atom. The zero-order valence-electron chi connectivity index (χ0n) is 10.2. The van der Waals surface area contributed by atoms with Crippen molar-refractivity contribution in [3.8, 4) is 0 Å². The molecular weight excluding hydrogens is 237 g/mol. The van der Waals surface area contributed by atoms with Crippen molar-refractivity contribution in [2.24, 2.45) is 0 Å². The SMILES string of the molecule is C=CCCC(Cc1cccc(Cl)c1F)NCC. The Hall–Kier alpha value is -0.860. The molecule has 1 unspecified atom stereocenters.